The van der Waals surface area contributed by atoms with Gasteiger partial charge in [0, 0.05) is 5.69 Å². The highest BCUT2D eigenvalue weighted by molar-refractivity contribution is 9.10. The van der Waals surface area contributed by atoms with Gasteiger partial charge >= 0.3 is 0 Å². The van der Waals surface area contributed by atoms with Crippen molar-refractivity contribution < 1.29 is 4.39 Å². The highest BCUT2D eigenvalue weighted by atomic mass is 79.9. The first-order valence-corrected chi connectivity index (χ1v) is 5.04. The first-order valence-electron chi connectivity index (χ1n) is 4.25. The van der Waals surface area contributed by atoms with Crippen molar-refractivity contribution in [2.24, 2.45) is 0 Å². The second-order valence-electron chi connectivity index (χ2n) is 3.05. The van der Waals surface area contributed by atoms with Crippen LogP contribution in [0.25, 0.3) is 0 Å². The molecule has 0 bridgehead atoms. The number of H-pyrrole nitrogens is 1. The fourth-order valence-corrected chi connectivity index (χ4v) is 1.43. The van der Waals surface area contributed by atoms with E-state index >= 15 is 0 Å². The first-order chi connectivity index (χ1) is 7.16. The molecule has 0 spiro atoms. The van der Waals surface area contributed by atoms with Gasteiger partial charge in [-0.3, -0.25) is 0 Å². The minimum atomic E-state index is -0.308. The van der Waals surface area contributed by atoms with E-state index in [4.69, 9.17) is 0 Å². The molecule has 0 aliphatic rings. The third-order valence-corrected chi connectivity index (χ3v) is 2.89. The summed E-state index contributed by atoms with van der Waals surface area (Å²) in [4.78, 5) is 3.88. The van der Waals surface area contributed by atoms with Crippen molar-refractivity contribution >= 4 is 27.6 Å². The largest absolute Gasteiger partial charge is 0.324 e. The minimum Gasteiger partial charge on any atom is -0.324 e. The number of hydrogen-bond acceptors (Lipinski definition) is 3. The summed E-state index contributed by atoms with van der Waals surface area (Å²) in [6, 6.07) is 3.20. The van der Waals surface area contributed by atoms with Crippen molar-refractivity contribution in [1.29, 1.82) is 0 Å². The summed E-state index contributed by atoms with van der Waals surface area (Å²) in [6.45, 7) is 1.82. The van der Waals surface area contributed by atoms with Gasteiger partial charge in [-0.2, -0.15) is 10.1 Å². The van der Waals surface area contributed by atoms with Crippen LogP contribution in [-0.4, -0.2) is 15.2 Å². The van der Waals surface area contributed by atoms with Gasteiger partial charge in [0.05, 0.1) is 4.47 Å². The molecule has 2 aromatic rings. The highest BCUT2D eigenvalue weighted by Crippen LogP contribution is 2.25. The van der Waals surface area contributed by atoms with E-state index in [1.165, 1.54) is 12.4 Å². The Morgan fingerprint density at radius 2 is 2.27 bits per heavy atom. The second kappa shape index (κ2) is 3.98. The van der Waals surface area contributed by atoms with E-state index in [9.17, 15) is 4.39 Å². The maximum absolute atomic E-state index is 13.3. The first kappa shape index (κ1) is 10.1. The molecule has 0 saturated carbocycles. The fourth-order valence-electron chi connectivity index (χ4n) is 1.20. The van der Waals surface area contributed by atoms with Gasteiger partial charge in [0.2, 0.25) is 5.95 Å². The maximum atomic E-state index is 13.3. The van der Waals surface area contributed by atoms with E-state index in [1.807, 2.05) is 13.0 Å². The van der Waals surface area contributed by atoms with Crippen LogP contribution < -0.4 is 5.32 Å². The van der Waals surface area contributed by atoms with Gasteiger partial charge in [-0.15, -0.1) is 0 Å². The SMILES string of the molecule is Cc1cc(Nc2ncn[nH]2)cc(F)c1Br. The van der Waals surface area contributed by atoms with Crippen LogP contribution in [-0.2, 0) is 0 Å². The molecule has 0 fully saturated rings. The Bertz CT molecular complexity index is 446. The third-order valence-electron chi connectivity index (χ3n) is 1.89. The topological polar surface area (TPSA) is 53.6 Å². The Kier molecular flexibility index (Phi) is 2.68. The van der Waals surface area contributed by atoms with Crippen LogP contribution in [0.1, 0.15) is 5.56 Å². The van der Waals surface area contributed by atoms with Crippen molar-refractivity contribution in [2.45, 2.75) is 6.92 Å². The van der Waals surface area contributed by atoms with E-state index in [0.717, 1.165) is 5.56 Å². The molecular formula is C9H8BrFN4. The molecule has 15 heavy (non-hydrogen) atoms. The van der Waals surface area contributed by atoms with Gasteiger partial charge in [0.15, 0.2) is 0 Å². The lowest BCUT2D eigenvalue weighted by Crippen LogP contribution is -1.95. The quantitative estimate of drug-likeness (QED) is 0.883. The molecule has 0 radical (unpaired) electrons. The van der Waals surface area contributed by atoms with Crippen molar-refractivity contribution in [3.05, 3.63) is 34.3 Å². The summed E-state index contributed by atoms with van der Waals surface area (Å²) in [5.74, 6) is 0.174. The summed E-state index contributed by atoms with van der Waals surface area (Å²) in [6.07, 6.45) is 1.38. The van der Waals surface area contributed by atoms with E-state index in [-0.39, 0.29) is 5.82 Å². The molecule has 0 aliphatic carbocycles. The number of aromatic amines is 1. The number of nitrogens with zero attached hydrogens (tertiary/aromatic N) is 2. The summed E-state index contributed by atoms with van der Waals surface area (Å²) < 4.78 is 13.8. The average Bonchev–Trinajstić information content (AvgIpc) is 2.66. The molecule has 1 aromatic heterocycles. The summed E-state index contributed by atoms with van der Waals surface area (Å²) in [7, 11) is 0. The number of hydrogen-bond donors (Lipinski definition) is 2. The van der Waals surface area contributed by atoms with Gasteiger partial charge in [-0.1, -0.05) is 0 Å². The zero-order valence-corrected chi connectivity index (χ0v) is 9.47. The van der Waals surface area contributed by atoms with Crippen LogP contribution in [0.2, 0.25) is 0 Å². The Hall–Kier alpha value is -1.43. The predicted octanol–water partition coefficient (Wildman–Crippen LogP) is 2.76. The van der Waals surface area contributed by atoms with Crippen molar-refractivity contribution in [2.75, 3.05) is 5.32 Å². The van der Waals surface area contributed by atoms with Gasteiger partial charge in [-0.05, 0) is 40.5 Å². The smallest absolute Gasteiger partial charge is 0.222 e. The Labute approximate surface area is 94.1 Å². The van der Waals surface area contributed by atoms with E-state index < -0.39 is 0 Å². The molecule has 6 heteroatoms. The van der Waals surface area contributed by atoms with Crippen molar-refractivity contribution in [1.82, 2.24) is 15.2 Å². The maximum Gasteiger partial charge on any atom is 0.222 e. The lowest BCUT2D eigenvalue weighted by molar-refractivity contribution is 0.620. The minimum absolute atomic E-state index is 0.308. The number of nitrogens with one attached hydrogen (secondary N) is 2. The van der Waals surface area contributed by atoms with E-state index in [2.05, 4.69) is 36.4 Å². The molecule has 0 unspecified atom stereocenters. The molecule has 2 N–H and O–H groups in total. The number of halogens is 2. The van der Waals surface area contributed by atoms with Gasteiger partial charge < -0.3 is 5.32 Å². The number of anilines is 2. The molecule has 78 valence electrons. The zero-order valence-electron chi connectivity index (χ0n) is 7.88. The standard InChI is InChI=1S/C9H8BrFN4/c1-5-2-6(3-7(11)8(5)10)14-9-12-4-13-15-9/h2-4H,1H3,(H2,12,13,14,15). The molecular weight excluding hydrogens is 263 g/mol. The second-order valence-corrected chi connectivity index (χ2v) is 3.84. The van der Waals surface area contributed by atoms with Crippen LogP contribution in [0.4, 0.5) is 16.0 Å². The number of rotatable bonds is 2. The van der Waals surface area contributed by atoms with Crippen LogP contribution in [0.3, 0.4) is 0 Å². The van der Waals surface area contributed by atoms with Gasteiger partial charge in [0.1, 0.15) is 12.1 Å². The fraction of sp³-hybridized carbons (Fsp3) is 0.111. The molecule has 2 rings (SSSR count). The average molecular weight is 271 g/mol. The van der Waals surface area contributed by atoms with Crippen molar-refractivity contribution in [3.63, 3.8) is 0 Å². The van der Waals surface area contributed by atoms with Crippen LogP contribution >= 0.6 is 15.9 Å². The predicted molar refractivity (Wildman–Crippen MR) is 58.5 cm³/mol. The van der Waals surface area contributed by atoms with Crippen LogP contribution in [0, 0.1) is 12.7 Å². The van der Waals surface area contributed by atoms with Gasteiger partial charge in [0.25, 0.3) is 0 Å². The van der Waals surface area contributed by atoms with E-state index in [1.54, 1.807) is 0 Å². The molecule has 4 nitrogen and oxygen atoms in total. The summed E-state index contributed by atoms with van der Waals surface area (Å²) >= 11 is 3.15. The monoisotopic (exact) mass is 270 g/mol. The number of aryl methyl sites for hydroxylation is 1. The highest BCUT2D eigenvalue weighted by Gasteiger charge is 2.05. The van der Waals surface area contributed by atoms with Gasteiger partial charge in [-0.25, -0.2) is 9.49 Å². The molecule has 0 saturated heterocycles. The lowest BCUT2D eigenvalue weighted by atomic mass is 10.2. The third kappa shape index (κ3) is 2.15. The lowest BCUT2D eigenvalue weighted by Gasteiger charge is -2.06. The molecule has 0 amide bonds. The Balaban J connectivity index is 2.30. The molecule has 1 aromatic carbocycles. The molecule has 0 aliphatic heterocycles. The van der Waals surface area contributed by atoms with Crippen LogP contribution in [0.15, 0.2) is 22.9 Å². The summed E-state index contributed by atoms with van der Waals surface area (Å²) in [5.41, 5.74) is 1.45. The van der Waals surface area contributed by atoms with Crippen LogP contribution in [0.5, 0.6) is 0 Å². The Morgan fingerprint density at radius 3 is 2.87 bits per heavy atom. The summed E-state index contributed by atoms with van der Waals surface area (Å²) in [5, 5.41) is 9.21. The number of aromatic nitrogens is 3. The zero-order chi connectivity index (χ0) is 10.8. The molecule has 0 atom stereocenters. The molecule has 1 heterocycles. The van der Waals surface area contributed by atoms with E-state index in [0.29, 0.717) is 16.1 Å². The number of benzene rings is 1. The normalized spacial score (nSPS) is 10.3. The Morgan fingerprint density at radius 1 is 1.47 bits per heavy atom. The van der Waals surface area contributed by atoms with Crippen molar-refractivity contribution in [3.8, 4) is 0 Å².